The zero-order valence-corrected chi connectivity index (χ0v) is 12.9. The average Bonchev–Trinajstić information content (AvgIpc) is 2.79. The van der Waals surface area contributed by atoms with Crippen molar-refractivity contribution in [2.45, 2.75) is 12.5 Å². The largest absolute Gasteiger partial charge is 0.353 e. The Morgan fingerprint density at radius 1 is 1.29 bits per heavy atom. The summed E-state index contributed by atoms with van der Waals surface area (Å²) in [6, 6.07) is -0.112. The Morgan fingerprint density at radius 3 is 2.71 bits per heavy atom. The highest BCUT2D eigenvalue weighted by molar-refractivity contribution is 7.91. The van der Waals surface area contributed by atoms with Gasteiger partial charge in [0.1, 0.15) is 0 Å². The van der Waals surface area contributed by atoms with Gasteiger partial charge in [-0.25, -0.2) is 8.42 Å². The van der Waals surface area contributed by atoms with Crippen LogP contribution in [0.4, 0.5) is 11.8 Å². The molecule has 0 aliphatic carbocycles. The fraction of sp³-hybridized carbons (Fsp3) is 0.750. The lowest BCUT2D eigenvalue weighted by atomic mass is 10.3. The Bertz CT molecular complexity index is 600. The van der Waals surface area contributed by atoms with Crippen LogP contribution in [0, 0.1) is 0 Å². The van der Waals surface area contributed by atoms with Crippen LogP contribution in [-0.4, -0.2) is 79.3 Å². The Hall–Kier alpha value is -1.48. The monoisotopic (exact) mass is 312 g/mol. The van der Waals surface area contributed by atoms with E-state index >= 15 is 0 Å². The number of nitrogens with one attached hydrogen (secondary N) is 1. The Kier molecular flexibility index (Phi) is 3.94. The lowest BCUT2D eigenvalue weighted by molar-refractivity contribution is 0.312. The molecule has 2 aliphatic heterocycles. The SMILES string of the molecule is CN1CCN(c2cnnc(NC3CCS(=O)(=O)C3)n2)CC1. The van der Waals surface area contributed by atoms with E-state index in [0.717, 1.165) is 32.0 Å². The zero-order chi connectivity index (χ0) is 14.9. The summed E-state index contributed by atoms with van der Waals surface area (Å²) in [7, 11) is -0.806. The highest BCUT2D eigenvalue weighted by atomic mass is 32.2. The minimum atomic E-state index is -2.91. The number of piperazine rings is 1. The highest BCUT2D eigenvalue weighted by Crippen LogP contribution is 2.17. The average molecular weight is 312 g/mol. The van der Waals surface area contributed by atoms with E-state index in [-0.39, 0.29) is 17.5 Å². The molecule has 3 heterocycles. The predicted octanol–water partition coefficient (Wildman–Crippen LogP) is -0.778. The summed E-state index contributed by atoms with van der Waals surface area (Å²) in [5, 5.41) is 11.0. The van der Waals surface area contributed by atoms with Gasteiger partial charge in [-0.15, -0.1) is 5.10 Å². The third-order valence-electron chi connectivity index (χ3n) is 3.94. The maximum atomic E-state index is 11.5. The van der Waals surface area contributed by atoms with Gasteiger partial charge in [-0.1, -0.05) is 0 Å². The number of anilines is 2. The summed E-state index contributed by atoms with van der Waals surface area (Å²) in [4.78, 5) is 8.90. The van der Waals surface area contributed by atoms with E-state index in [1.807, 2.05) is 0 Å². The number of nitrogens with zero attached hydrogens (tertiary/aromatic N) is 5. The first kappa shape index (κ1) is 14.5. The molecule has 1 aromatic rings. The van der Waals surface area contributed by atoms with Gasteiger partial charge in [0.15, 0.2) is 15.7 Å². The molecule has 0 radical (unpaired) electrons. The molecule has 1 N–H and O–H groups in total. The second-order valence-corrected chi connectivity index (χ2v) is 7.90. The number of hydrogen-bond acceptors (Lipinski definition) is 8. The summed E-state index contributed by atoms with van der Waals surface area (Å²) in [5.41, 5.74) is 0. The van der Waals surface area contributed by atoms with Gasteiger partial charge in [-0.3, -0.25) is 0 Å². The first-order chi connectivity index (χ1) is 10.0. The molecular weight excluding hydrogens is 292 g/mol. The molecule has 0 amide bonds. The van der Waals surface area contributed by atoms with Gasteiger partial charge in [0.05, 0.1) is 17.7 Å². The van der Waals surface area contributed by atoms with Crippen molar-refractivity contribution in [3.63, 3.8) is 0 Å². The summed E-state index contributed by atoms with van der Waals surface area (Å²) in [6.45, 7) is 3.81. The minimum absolute atomic E-state index is 0.112. The third-order valence-corrected chi connectivity index (χ3v) is 5.71. The van der Waals surface area contributed by atoms with E-state index in [0.29, 0.717) is 12.4 Å². The minimum Gasteiger partial charge on any atom is -0.353 e. The Morgan fingerprint density at radius 2 is 2.05 bits per heavy atom. The molecule has 116 valence electrons. The van der Waals surface area contributed by atoms with E-state index < -0.39 is 9.84 Å². The Labute approximate surface area is 124 Å². The quantitative estimate of drug-likeness (QED) is 0.777. The number of rotatable bonds is 3. The van der Waals surface area contributed by atoms with Crippen molar-refractivity contribution in [1.82, 2.24) is 20.1 Å². The number of aromatic nitrogens is 3. The van der Waals surface area contributed by atoms with Gasteiger partial charge in [-0.05, 0) is 13.5 Å². The lowest BCUT2D eigenvalue weighted by Gasteiger charge is -2.32. The molecule has 2 aliphatic rings. The van der Waals surface area contributed by atoms with Crippen molar-refractivity contribution in [2.24, 2.45) is 0 Å². The molecule has 1 aromatic heterocycles. The summed E-state index contributed by atoms with van der Waals surface area (Å²) >= 11 is 0. The van der Waals surface area contributed by atoms with Crippen LogP contribution in [0.1, 0.15) is 6.42 Å². The second-order valence-electron chi connectivity index (χ2n) is 5.67. The van der Waals surface area contributed by atoms with Crippen molar-refractivity contribution in [2.75, 3.05) is 54.9 Å². The maximum absolute atomic E-state index is 11.5. The molecule has 0 aromatic carbocycles. The Balaban J connectivity index is 1.66. The molecule has 2 fully saturated rings. The van der Waals surface area contributed by atoms with Crippen LogP contribution in [0.15, 0.2) is 6.20 Å². The van der Waals surface area contributed by atoms with Gasteiger partial charge in [0.2, 0.25) is 5.95 Å². The molecule has 3 rings (SSSR count). The summed E-state index contributed by atoms with van der Waals surface area (Å²) < 4.78 is 22.9. The normalized spacial score (nSPS) is 26.0. The topological polar surface area (TPSA) is 91.3 Å². The molecule has 1 unspecified atom stereocenters. The third kappa shape index (κ3) is 3.59. The van der Waals surface area contributed by atoms with E-state index in [1.54, 1.807) is 6.20 Å². The van der Waals surface area contributed by atoms with Crippen LogP contribution in [0.25, 0.3) is 0 Å². The molecular formula is C12H20N6O2S. The van der Waals surface area contributed by atoms with Gasteiger partial charge >= 0.3 is 0 Å². The highest BCUT2D eigenvalue weighted by Gasteiger charge is 2.28. The van der Waals surface area contributed by atoms with Crippen molar-refractivity contribution in [3.8, 4) is 0 Å². The molecule has 2 saturated heterocycles. The van der Waals surface area contributed by atoms with Crippen LogP contribution in [0.5, 0.6) is 0 Å². The van der Waals surface area contributed by atoms with Crippen molar-refractivity contribution in [3.05, 3.63) is 6.20 Å². The molecule has 0 spiro atoms. The number of likely N-dealkylation sites (N-methyl/N-ethyl adjacent to an activating group) is 1. The van der Waals surface area contributed by atoms with Gasteiger partial charge < -0.3 is 15.1 Å². The second kappa shape index (κ2) is 5.72. The van der Waals surface area contributed by atoms with Gasteiger partial charge in [0.25, 0.3) is 0 Å². The first-order valence-electron chi connectivity index (χ1n) is 7.12. The van der Waals surface area contributed by atoms with Crippen LogP contribution in [0.3, 0.4) is 0 Å². The fourth-order valence-corrected chi connectivity index (χ4v) is 4.31. The smallest absolute Gasteiger partial charge is 0.244 e. The van der Waals surface area contributed by atoms with Crippen LogP contribution >= 0.6 is 0 Å². The summed E-state index contributed by atoms with van der Waals surface area (Å²) in [5.74, 6) is 1.58. The van der Waals surface area contributed by atoms with E-state index in [4.69, 9.17) is 0 Å². The van der Waals surface area contributed by atoms with Crippen molar-refractivity contribution >= 4 is 21.6 Å². The molecule has 8 nitrogen and oxygen atoms in total. The van der Waals surface area contributed by atoms with E-state index in [9.17, 15) is 8.42 Å². The van der Waals surface area contributed by atoms with Crippen LogP contribution < -0.4 is 10.2 Å². The molecule has 0 saturated carbocycles. The lowest BCUT2D eigenvalue weighted by Crippen LogP contribution is -2.45. The first-order valence-corrected chi connectivity index (χ1v) is 8.94. The van der Waals surface area contributed by atoms with Gasteiger partial charge in [0, 0.05) is 32.2 Å². The molecule has 0 bridgehead atoms. The molecule has 1 atom stereocenters. The fourth-order valence-electron chi connectivity index (χ4n) is 2.64. The van der Waals surface area contributed by atoms with E-state index in [2.05, 4.69) is 37.3 Å². The molecule has 21 heavy (non-hydrogen) atoms. The predicted molar refractivity (Wildman–Crippen MR) is 80.2 cm³/mol. The standard InChI is InChI=1S/C12H20N6O2S/c1-17-3-5-18(6-4-17)11-8-13-16-12(15-11)14-10-2-7-21(19,20)9-10/h8,10H,2-7,9H2,1H3,(H,14,15,16). The van der Waals surface area contributed by atoms with E-state index in [1.165, 1.54) is 0 Å². The van der Waals surface area contributed by atoms with Gasteiger partial charge in [-0.2, -0.15) is 10.1 Å². The summed E-state index contributed by atoms with van der Waals surface area (Å²) in [6.07, 6.45) is 2.26. The van der Waals surface area contributed by atoms with Crippen molar-refractivity contribution < 1.29 is 8.42 Å². The number of hydrogen-bond donors (Lipinski definition) is 1. The van der Waals surface area contributed by atoms with Crippen molar-refractivity contribution in [1.29, 1.82) is 0 Å². The van der Waals surface area contributed by atoms with Crippen LogP contribution in [-0.2, 0) is 9.84 Å². The maximum Gasteiger partial charge on any atom is 0.244 e. The zero-order valence-electron chi connectivity index (χ0n) is 12.1. The molecule has 9 heteroatoms. The van der Waals surface area contributed by atoms with Crippen LogP contribution in [0.2, 0.25) is 0 Å². The number of sulfone groups is 1.